The van der Waals surface area contributed by atoms with Crippen LogP contribution >= 0.6 is 0 Å². The second-order valence-corrected chi connectivity index (χ2v) is 11.8. The van der Waals surface area contributed by atoms with Crippen LogP contribution in [0.1, 0.15) is 69.7 Å². The zero-order valence-corrected chi connectivity index (χ0v) is 24.2. The quantitative estimate of drug-likeness (QED) is 0.279. The van der Waals surface area contributed by atoms with Crippen molar-refractivity contribution in [1.29, 1.82) is 0 Å². The highest BCUT2D eigenvalue weighted by molar-refractivity contribution is 5.92. The molecule has 7 nitrogen and oxygen atoms in total. The average molecular weight is 560 g/mol. The van der Waals surface area contributed by atoms with Crippen LogP contribution in [0.25, 0.3) is 28.0 Å². The lowest BCUT2D eigenvalue weighted by Gasteiger charge is -2.38. The van der Waals surface area contributed by atoms with Crippen LogP contribution in [-0.2, 0) is 6.42 Å². The summed E-state index contributed by atoms with van der Waals surface area (Å²) in [7, 11) is 0. The molecule has 0 radical (unpaired) electrons. The zero-order valence-electron chi connectivity index (χ0n) is 24.2. The molecule has 2 aliphatic heterocycles. The Morgan fingerprint density at radius 2 is 1.85 bits per heavy atom. The number of nitrogens with zero attached hydrogens (tertiary/aromatic N) is 5. The number of aromatic nitrogens is 4. The van der Waals surface area contributed by atoms with E-state index in [1.54, 1.807) is 6.20 Å². The summed E-state index contributed by atoms with van der Waals surface area (Å²) in [6, 6.07) is 6.14. The van der Waals surface area contributed by atoms with Gasteiger partial charge >= 0.3 is 5.69 Å². The SMILES string of the molecule is Cc1cc2c(N3C[C@@H](C)CC[C@@H]3C)nc(=O)n3c2nc1-c1c(F)ccc(F)c1OCCCc1ccnc(C(C)C)c1-3. The summed E-state index contributed by atoms with van der Waals surface area (Å²) >= 11 is 0. The Morgan fingerprint density at radius 1 is 1.07 bits per heavy atom. The van der Waals surface area contributed by atoms with Crippen LogP contribution in [0.4, 0.5) is 14.6 Å². The molecule has 41 heavy (non-hydrogen) atoms. The first-order valence-corrected chi connectivity index (χ1v) is 14.5. The Kier molecular flexibility index (Phi) is 6.99. The highest BCUT2D eigenvalue weighted by Gasteiger charge is 2.30. The smallest absolute Gasteiger partial charge is 0.355 e. The zero-order chi connectivity index (χ0) is 29.0. The first kappa shape index (κ1) is 27.3. The highest BCUT2D eigenvalue weighted by Crippen LogP contribution is 2.40. The third-order valence-corrected chi connectivity index (χ3v) is 8.37. The van der Waals surface area contributed by atoms with Crippen molar-refractivity contribution in [1.82, 2.24) is 19.5 Å². The molecule has 214 valence electrons. The Bertz CT molecular complexity index is 1720. The van der Waals surface area contributed by atoms with E-state index < -0.39 is 17.3 Å². The van der Waals surface area contributed by atoms with E-state index in [-0.39, 0.29) is 35.6 Å². The molecule has 0 amide bonds. The van der Waals surface area contributed by atoms with Crippen LogP contribution in [0.15, 0.2) is 35.3 Å². The number of pyridine rings is 2. The maximum absolute atomic E-state index is 15.5. The maximum Gasteiger partial charge on any atom is 0.355 e. The fourth-order valence-corrected chi connectivity index (χ4v) is 6.21. The number of aryl methyl sites for hydroxylation is 2. The number of halogens is 2. The summed E-state index contributed by atoms with van der Waals surface area (Å²) in [5, 5.41) is 0.688. The van der Waals surface area contributed by atoms with E-state index >= 15 is 8.78 Å². The molecule has 0 N–H and O–H groups in total. The van der Waals surface area contributed by atoms with Gasteiger partial charge in [-0.15, -0.1) is 0 Å². The van der Waals surface area contributed by atoms with Crippen LogP contribution in [-0.4, -0.2) is 38.7 Å². The van der Waals surface area contributed by atoms with Gasteiger partial charge in [0, 0.05) is 18.8 Å². The second kappa shape index (κ2) is 10.5. The minimum absolute atomic E-state index is 0.0101. The molecule has 0 saturated carbocycles. The number of hydrogen-bond donors (Lipinski definition) is 0. The third-order valence-electron chi connectivity index (χ3n) is 8.37. The summed E-state index contributed by atoms with van der Waals surface area (Å²) in [6.07, 6.45) is 4.90. The number of benzene rings is 1. The van der Waals surface area contributed by atoms with E-state index in [9.17, 15) is 4.79 Å². The fourth-order valence-electron chi connectivity index (χ4n) is 6.21. The molecule has 6 rings (SSSR count). The van der Waals surface area contributed by atoms with Crippen molar-refractivity contribution < 1.29 is 13.5 Å². The monoisotopic (exact) mass is 559 g/mol. The molecule has 2 bridgehead atoms. The minimum atomic E-state index is -0.657. The van der Waals surface area contributed by atoms with Gasteiger partial charge in [-0.1, -0.05) is 20.8 Å². The molecule has 1 fully saturated rings. The van der Waals surface area contributed by atoms with Crippen LogP contribution in [0.2, 0.25) is 0 Å². The average Bonchev–Trinajstić information content (AvgIpc) is 2.93. The van der Waals surface area contributed by atoms with Crippen molar-refractivity contribution in [2.45, 2.75) is 72.3 Å². The van der Waals surface area contributed by atoms with Gasteiger partial charge in [0.05, 0.1) is 34.6 Å². The summed E-state index contributed by atoms with van der Waals surface area (Å²) < 4.78 is 38.0. The van der Waals surface area contributed by atoms with Gasteiger partial charge in [0.25, 0.3) is 0 Å². The lowest BCUT2D eigenvalue weighted by atomic mass is 9.94. The van der Waals surface area contributed by atoms with Crippen LogP contribution < -0.4 is 15.3 Å². The molecule has 1 aromatic carbocycles. The van der Waals surface area contributed by atoms with Gasteiger partial charge in [0.1, 0.15) is 11.6 Å². The molecular formula is C32H35F2N5O2. The number of anilines is 1. The number of hydrogen-bond acceptors (Lipinski definition) is 6. The van der Waals surface area contributed by atoms with Crippen molar-refractivity contribution in [2.24, 2.45) is 5.92 Å². The topological polar surface area (TPSA) is 73.1 Å². The van der Waals surface area contributed by atoms with Gasteiger partial charge in [-0.3, -0.25) is 4.98 Å². The Labute approximate surface area is 238 Å². The molecule has 0 unspecified atom stereocenters. The summed E-state index contributed by atoms with van der Waals surface area (Å²) in [6.45, 7) is 11.2. The van der Waals surface area contributed by atoms with E-state index in [4.69, 9.17) is 14.7 Å². The summed E-state index contributed by atoms with van der Waals surface area (Å²) in [5.41, 5.74) is 2.99. The first-order chi connectivity index (χ1) is 19.7. The minimum Gasteiger partial charge on any atom is -0.490 e. The van der Waals surface area contributed by atoms with Gasteiger partial charge < -0.3 is 9.64 Å². The molecule has 9 heteroatoms. The van der Waals surface area contributed by atoms with Crippen LogP contribution in [0.5, 0.6) is 5.75 Å². The first-order valence-electron chi connectivity index (χ1n) is 14.5. The molecule has 4 aromatic rings. The van der Waals surface area contributed by atoms with Gasteiger partial charge in [-0.05, 0) is 86.8 Å². The molecule has 0 aliphatic carbocycles. The lowest BCUT2D eigenvalue weighted by Crippen LogP contribution is -2.43. The van der Waals surface area contributed by atoms with Crippen LogP contribution in [0.3, 0.4) is 0 Å². The fraction of sp³-hybridized carbons (Fsp3) is 0.438. The van der Waals surface area contributed by atoms with Gasteiger partial charge in [-0.2, -0.15) is 4.98 Å². The molecule has 2 aliphatic rings. The van der Waals surface area contributed by atoms with Crippen molar-refractivity contribution in [2.75, 3.05) is 18.1 Å². The normalized spacial score (nSPS) is 19.0. The number of ether oxygens (including phenoxy) is 1. The van der Waals surface area contributed by atoms with E-state index in [1.807, 2.05) is 32.9 Å². The Morgan fingerprint density at radius 3 is 2.63 bits per heavy atom. The maximum atomic E-state index is 15.5. The molecule has 1 saturated heterocycles. The third kappa shape index (κ3) is 4.65. The molecule has 0 spiro atoms. The number of rotatable bonds is 2. The van der Waals surface area contributed by atoms with E-state index in [0.717, 1.165) is 42.8 Å². The summed E-state index contributed by atoms with van der Waals surface area (Å²) in [4.78, 5) is 30.7. The molecule has 5 heterocycles. The molecular weight excluding hydrogens is 524 g/mol. The lowest BCUT2D eigenvalue weighted by molar-refractivity contribution is 0.295. The molecule has 2 atom stereocenters. The van der Waals surface area contributed by atoms with E-state index in [2.05, 4.69) is 23.7 Å². The Balaban J connectivity index is 1.77. The van der Waals surface area contributed by atoms with Crippen LogP contribution in [0, 0.1) is 24.5 Å². The van der Waals surface area contributed by atoms with Gasteiger partial charge in [0.2, 0.25) is 0 Å². The number of fused-ring (bicyclic) bond motifs is 5. The van der Waals surface area contributed by atoms with Crippen molar-refractivity contribution in [3.8, 4) is 22.7 Å². The van der Waals surface area contributed by atoms with E-state index in [1.165, 1.54) is 4.57 Å². The standard InChI is InChI=1S/C32H35F2N5O2/c1-17(2)26-28-21(12-13-35-26)7-6-14-41-29-24(34)11-10-23(33)25(29)27-19(4)15-22-30(37-32(40)39(28)31(22)36-27)38-16-18(3)8-9-20(38)5/h10-13,15,17-18,20H,6-9,14,16H2,1-5H3/t18-,20-/m0/s1. The highest BCUT2D eigenvalue weighted by atomic mass is 19.1. The van der Waals surface area contributed by atoms with Crippen molar-refractivity contribution in [3.05, 3.63) is 69.4 Å². The summed E-state index contributed by atoms with van der Waals surface area (Å²) in [5.74, 6) is -0.441. The Hall–Kier alpha value is -3.88. The predicted molar refractivity (Wildman–Crippen MR) is 156 cm³/mol. The number of piperidine rings is 1. The second-order valence-electron chi connectivity index (χ2n) is 11.8. The van der Waals surface area contributed by atoms with E-state index in [0.29, 0.717) is 46.9 Å². The van der Waals surface area contributed by atoms with Crippen molar-refractivity contribution >= 4 is 16.9 Å². The van der Waals surface area contributed by atoms with Crippen molar-refractivity contribution in [3.63, 3.8) is 0 Å². The van der Waals surface area contributed by atoms with Gasteiger partial charge in [0.15, 0.2) is 17.2 Å². The molecule has 3 aromatic heterocycles. The predicted octanol–water partition coefficient (Wildman–Crippen LogP) is 6.50. The van der Waals surface area contributed by atoms with Gasteiger partial charge in [-0.25, -0.2) is 23.1 Å². The largest absolute Gasteiger partial charge is 0.490 e.